The van der Waals surface area contributed by atoms with E-state index in [1.807, 2.05) is 19.3 Å². The fourth-order valence-corrected chi connectivity index (χ4v) is 1.96. The van der Waals surface area contributed by atoms with Crippen LogP contribution in [0, 0.1) is 0 Å². The second kappa shape index (κ2) is 4.36. The quantitative estimate of drug-likeness (QED) is 0.712. The zero-order valence-electron chi connectivity index (χ0n) is 10.0. The molecule has 3 rings (SSSR count). The largest absolute Gasteiger partial charge is 0.398 e. The minimum atomic E-state index is 0.425. The van der Waals surface area contributed by atoms with Gasteiger partial charge >= 0.3 is 0 Å². The van der Waals surface area contributed by atoms with Gasteiger partial charge in [-0.05, 0) is 22.6 Å². The van der Waals surface area contributed by atoms with E-state index in [-0.39, 0.29) is 0 Å². The molecule has 19 heavy (non-hydrogen) atoms. The van der Waals surface area contributed by atoms with Gasteiger partial charge in [-0.15, -0.1) is 5.10 Å². The lowest BCUT2D eigenvalue weighted by atomic mass is 10.2. The van der Waals surface area contributed by atoms with E-state index in [1.54, 1.807) is 22.9 Å². The zero-order chi connectivity index (χ0) is 13.4. The van der Waals surface area contributed by atoms with Gasteiger partial charge in [0, 0.05) is 24.9 Å². The summed E-state index contributed by atoms with van der Waals surface area (Å²) < 4.78 is 3.18. The maximum absolute atomic E-state index is 6.19. The number of tetrazole rings is 1. The van der Waals surface area contributed by atoms with Crippen molar-refractivity contribution < 1.29 is 0 Å². The maximum Gasteiger partial charge on any atom is 0.190 e. The molecule has 1 aromatic carbocycles. The highest BCUT2D eigenvalue weighted by molar-refractivity contribution is 6.35. The molecule has 0 atom stereocenters. The van der Waals surface area contributed by atoms with Crippen molar-refractivity contribution in [3.05, 3.63) is 35.5 Å². The van der Waals surface area contributed by atoms with E-state index < -0.39 is 0 Å². The molecule has 0 bridgehead atoms. The van der Waals surface area contributed by atoms with E-state index in [9.17, 15) is 0 Å². The molecule has 0 fully saturated rings. The number of nitrogens with two attached hydrogens (primary N) is 1. The topological polar surface area (TPSA) is 87.4 Å². The van der Waals surface area contributed by atoms with Crippen LogP contribution >= 0.6 is 11.6 Å². The second-order valence-corrected chi connectivity index (χ2v) is 4.35. The van der Waals surface area contributed by atoms with Crippen LogP contribution < -0.4 is 5.73 Å². The molecule has 0 aliphatic heterocycles. The summed E-state index contributed by atoms with van der Waals surface area (Å²) in [7, 11) is 1.82. The Morgan fingerprint density at radius 3 is 2.84 bits per heavy atom. The van der Waals surface area contributed by atoms with E-state index in [0.29, 0.717) is 27.9 Å². The zero-order valence-corrected chi connectivity index (χ0v) is 10.8. The van der Waals surface area contributed by atoms with Crippen molar-refractivity contribution in [2.45, 2.75) is 0 Å². The number of anilines is 1. The maximum atomic E-state index is 6.19. The first-order chi connectivity index (χ1) is 9.16. The Hall–Kier alpha value is -2.41. The number of hydrogen-bond acceptors (Lipinski definition) is 5. The summed E-state index contributed by atoms with van der Waals surface area (Å²) in [5.74, 6) is 1.11. The number of aryl methyl sites for hydroxylation is 1. The first kappa shape index (κ1) is 11.7. The fraction of sp³-hybridized carbons (Fsp3) is 0.0909. The van der Waals surface area contributed by atoms with Gasteiger partial charge in [0.1, 0.15) is 0 Å². The lowest BCUT2D eigenvalue weighted by Gasteiger charge is -2.05. The summed E-state index contributed by atoms with van der Waals surface area (Å²) in [4.78, 5) is 0. The smallest absolute Gasteiger partial charge is 0.190 e. The SMILES string of the molecule is Cn1ccc(-n2nnnc2-c2cccc(N)c2Cl)n1. The Bertz CT molecular complexity index is 730. The molecule has 0 saturated carbocycles. The van der Waals surface area contributed by atoms with Crippen LogP contribution in [0.4, 0.5) is 5.69 Å². The average molecular weight is 276 g/mol. The third-order valence-electron chi connectivity index (χ3n) is 2.66. The van der Waals surface area contributed by atoms with Crippen LogP contribution in [0.25, 0.3) is 17.2 Å². The average Bonchev–Trinajstić information content (AvgIpc) is 3.01. The predicted molar refractivity (Wildman–Crippen MR) is 70.8 cm³/mol. The number of hydrogen-bond donors (Lipinski definition) is 1. The van der Waals surface area contributed by atoms with Crippen molar-refractivity contribution in [2.24, 2.45) is 7.05 Å². The minimum Gasteiger partial charge on any atom is -0.398 e. The Kier molecular flexibility index (Phi) is 2.68. The first-order valence-corrected chi connectivity index (χ1v) is 5.87. The van der Waals surface area contributed by atoms with Crippen LogP contribution in [0.3, 0.4) is 0 Å². The molecule has 2 N–H and O–H groups in total. The predicted octanol–water partition coefficient (Wildman–Crippen LogP) is 1.30. The van der Waals surface area contributed by atoms with Crippen molar-refractivity contribution in [1.82, 2.24) is 30.0 Å². The van der Waals surface area contributed by atoms with Crippen molar-refractivity contribution in [3.8, 4) is 17.2 Å². The van der Waals surface area contributed by atoms with Crippen LogP contribution in [-0.2, 0) is 7.05 Å². The number of aromatic nitrogens is 6. The number of nitrogens with zero attached hydrogens (tertiary/aromatic N) is 6. The molecule has 0 aliphatic rings. The highest BCUT2D eigenvalue weighted by Gasteiger charge is 2.16. The highest BCUT2D eigenvalue weighted by Crippen LogP contribution is 2.31. The third-order valence-corrected chi connectivity index (χ3v) is 3.08. The van der Waals surface area contributed by atoms with Gasteiger partial charge in [-0.1, -0.05) is 17.7 Å². The monoisotopic (exact) mass is 275 g/mol. The number of nitrogen functional groups attached to an aromatic ring is 1. The minimum absolute atomic E-state index is 0.425. The molecule has 2 aromatic heterocycles. The molecular formula is C11H10ClN7. The molecular weight excluding hydrogens is 266 g/mol. The van der Waals surface area contributed by atoms with Gasteiger partial charge in [-0.3, -0.25) is 4.68 Å². The van der Waals surface area contributed by atoms with Gasteiger partial charge in [-0.25, -0.2) is 0 Å². The van der Waals surface area contributed by atoms with E-state index in [2.05, 4.69) is 20.6 Å². The third kappa shape index (κ3) is 1.93. The van der Waals surface area contributed by atoms with Crippen LogP contribution in [0.1, 0.15) is 0 Å². The fourth-order valence-electron chi connectivity index (χ4n) is 1.75. The van der Waals surface area contributed by atoms with Crippen LogP contribution in [0.5, 0.6) is 0 Å². The Morgan fingerprint density at radius 1 is 1.26 bits per heavy atom. The van der Waals surface area contributed by atoms with Crippen molar-refractivity contribution in [3.63, 3.8) is 0 Å². The van der Waals surface area contributed by atoms with Gasteiger partial charge in [0.25, 0.3) is 0 Å². The Morgan fingerprint density at radius 2 is 2.11 bits per heavy atom. The summed E-state index contributed by atoms with van der Waals surface area (Å²) in [6, 6.07) is 7.14. The summed E-state index contributed by atoms with van der Waals surface area (Å²) in [6.45, 7) is 0. The normalized spacial score (nSPS) is 10.8. The van der Waals surface area contributed by atoms with Crippen molar-refractivity contribution in [1.29, 1.82) is 0 Å². The van der Waals surface area contributed by atoms with Gasteiger partial charge in [-0.2, -0.15) is 9.78 Å². The Balaban J connectivity index is 2.17. The molecule has 0 aliphatic carbocycles. The van der Waals surface area contributed by atoms with Crippen LogP contribution in [0.2, 0.25) is 5.02 Å². The van der Waals surface area contributed by atoms with Crippen LogP contribution in [-0.4, -0.2) is 30.0 Å². The second-order valence-electron chi connectivity index (χ2n) is 3.97. The lowest BCUT2D eigenvalue weighted by molar-refractivity contribution is 0.715. The van der Waals surface area contributed by atoms with E-state index >= 15 is 0 Å². The van der Waals surface area contributed by atoms with Gasteiger partial charge < -0.3 is 5.73 Å². The van der Waals surface area contributed by atoms with E-state index in [4.69, 9.17) is 17.3 Å². The lowest BCUT2D eigenvalue weighted by Crippen LogP contribution is -2.02. The molecule has 3 aromatic rings. The molecule has 0 saturated heterocycles. The number of halogens is 1. The van der Waals surface area contributed by atoms with Crippen molar-refractivity contribution in [2.75, 3.05) is 5.73 Å². The van der Waals surface area contributed by atoms with Crippen LogP contribution in [0.15, 0.2) is 30.5 Å². The summed E-state index contributed by atoms with van der Waals surface area (Å²) in [5.41, 5.74) is 6.94. The summed E-state index contributed by atoms with van der Waals surface area (Å²) >= 11 is 6.19. The molecule has 7 nitrogen and oxygen atoms in total. The number of rotatable bonds is 2. The number of benzene rings is 1. The molecule has 0 amide bonds. The van der Waals surface area contributed by atoms with Gasteiger partial charge in [0.2, 0.25) is 0 Å². The summed E-state index contributed by atoms with van der Waals surface area (Å²) in [6.07, 6.45) is 1.81. The van der Waals surface area contributed by atoms with E-state index in [0.717, 1.165) is 0 Å². The van der Waals surface area contributed by atoms with Gasteiger partial charge in [0.05, 0.1) is 10.7 Å². The standard InChI is InChI=1S/C11H10ClN7/c1-18-6-5-9(15-18)19-11(14-16-17-19)7-3-2-4-8(13)10(7)12/h2-6H,13H2,1H3. The molecule has 0 spiro atoms. The molecule has 0 radical (unpaired) electrons. The summed E-state index contributed by atoms with van der Waals surface area (Å²) in [5, 5.41) is 16.3. The van der Waals surface area contributed by atoms with Crippen molar-refractivity contribution >= 4 is 17.3 Å². The van der Waals surface area contributed by atoms with E-state index in [1.165, 1.54) is 4.68 Å². The highest BCUT2D eigenvalue weighted by atomic mass is 35.5. The molecule has 0 unspecified atom stereocenters. The van der Waals surface area contributed by atoms with Gasteiger partial charge in [0.15, 0.2) is 11.6 Å². The molecule has 8 heteroatoms. The molecule has 2 heterocycles. The first-order valence-electron chi connectivity index (χ1n) is 5.49. The Labute approximate surface area is 113 Å². The molecule has 96 valence electrons.